The van der Waals surface area contributed by atoms with Crippen LogP contribution in [0.15, 0.2) is 53.4 Å². The lowest BCUT2D eigenvalue weighted by atomic mass is 10.1. The number of methoxy groups -OCH3 is 1. The summed E-state index contributed by atoms with van der Waals surface area (Å²) < 4.78 is 32.4. The average Bonchev–Trinajstić information content (AvgIpc) is 2.72. The molecule has 1 N–H and O–H groups in total. The molecule has 1 amide bonds. The predicted octanol–water partition coefficient (Wildman–Crippen LogP) is 3.44. The quantitative estimate of drug-likeness (QED) is 0.658. The average molecular weight is 405 g/mol. The van der Waals surface area contributed by atoms with Crippen molar-refractivity contribution >= 4 is 15.9 Å². The molecule has 6 nitrogen and oxygen atoms in total. The molecule has 28 heavy (non-hydrogen) atoms. The number of nitrogens with one attached hydrogen (secondary N) is 1. The number of carbonyl (C=O) groups excluding carboxylic acids is 1. The standard InChI is InChI=1S/C21H28N2O4S/c1-4-14-23(15-5-2)21(24)18-8-6-17(7-9-18)16-22-28(25,26)20-12-10-19(27-3)11-13-20/h6-13,22H,4-5,14-16H2,1-3H3. The van der Waals surface area contributed by atoms with Crippen LogP contribution in [0.3, 0.4) is 0 Å². The van der Waals surface area contributed by atoms with Crippen molar-refractivity contribution in [1.29, 1.82) is 0 Å². The van der Waals surface area contributed by atoms with Gasteiger partial charge in [-0.05, 0) is 54.8 Å². The molecule has 2 aromatic rings. The van der Waals surface area contributed by atoms with Crippen LogP contribution < -0.4 is 9.46 Å². The van der Waals surface area contributed by atoms with Gasteiger partial charge in [-0.15, -0.1) is 0 Å². The summed E-state index contributed by atoms with van der Waals surface area (Å²) >= 11 is 0. The number of hydrogen-bond acceptors (Lipinski definition) is 4. The highest BCUT2D eigenvalue weighted by Crippen LogP contribution is 2.16. The van der Waals surface area contributed by atoms with Crippen LogP contribution in [-0.2, 0) is 16.6 Å². The van der Waals surface area contributed by atoms with Crippen molar-refractivity contribution < 1.29 is 17.9 Å². The van der Waals surface area contributed by atoms with Crippen molar-refractivity contribution in [3.63, 3.8) is 0 Å². The summed E-state index contributed by atoms with van der Waals surface area (Å²) in [6.45, 7) is 5.71. The Bertz CT molecular complexity index is 856. The zero-order valence-electron chi connectivity index (χ0n) is 16.6. The molecule has 0 saturated heterocycles. The Labute approximate surface area is 167 Å². The molecule has 7 heteroatoms. The summed E-state index contributed by atoms with van der Waals surface area (Å²) in [5, 5.41) is 0. The molecule has 2 rings (SSSR count). The maximum Gasteiger partial charge on any atom is 0.253 e. The Hall–Kier alpha value is -2.38. The molecule has 0 fully saturated rings. The van der Waals surface area contributed by atoms with Crippen molar-refractivity contribution in [2.45, 2.75) is 38.1 Å². The Morgan fingerprint density at radius 1 is 0.964 bits per heavy atom. The van der Waals surface area contributed by atoms with E-state index in [1.54, 1.807) is 36.4 Å². The van der Waals surface area contributed by atoms with Crippen LogP contribution in [0.2, 0.25) is 0 Å². The second kappa shape index (κ2) is 10.2. The van der Waals surface area contributed by atoms with Crippen LogP contribution in [0.25, 0.3) is 0 Å². The largest absolute Gasteiger partial charge is 0.497 e. The van der Waals surface area contributed by atoms with E-state index in [1.165, 1.54) is 19.2 Å². The zero-order chi connectivity index (χ0) is 20.6. The molecule has 0 bridgehead atoms. The van der Waals surface area contributed by atoms with Gasteiger partial charge in [0, 0.05) is 25.2 Å². The van der Waals surface area contributed by atoms with Crippen LogP contribution in [0, 0.1) is 0 Å². The molecule has 0 heterocycles. The lowest BCUT2D eigenvalue weighted by Crippen LogP contribution is -2.32. The highest BCUT2D eigenvalue weighted by atomic mass is 32.2. The summed E-state index contributed by atoms with van der Waals surface area (Å²) in [5.41, 5.74) is 1.40. The fourth-order valence-electron chi connectivity index (χ4n) is 2.82. The molecule has 0 aromatic heterocycles. The minimum Gasteiger partial charge on any atom is -0.497 e. The fraction of sp³-hybridized carbons (Fsp3) is 0.381. The summed E-state index contributed by atoms with van der Waals surface area (Å²) in [7, 11) is -2.09. The van der Waals surface area contributed by atoms with Gasteiger partial charge >= 0.3 is 0 Å². The van der Waals surface area contributed by atoms with Gasteiger partial charge in [-0.1, -0.05) is 26.0 Å². The first-order chi connectivity index (χ1) is 13.4. The zero-order valence-corrected chi connectivity index (χ0v) is 17.5. The third-order valence-corrected chi connectivity index (χ3v) is 5.73. The Kier molecular flexibility index (Phi) is 8.02. The number of carbonyl (C=O) groups is 1. The first-order valence-electron chi connectivity index (χ1n) is 9.43. The molecule has 0 aliphatic carbocycles. The van der Waals surface area contributed by atoms with E-state index in [0.717, 1.165) is 31.5 Å². The summed E-state index contributed by atoms with van der Waals surface area (Å²) in [5.74, 6) is 0.605. The molecule has 2 aromatic carbocycles. The van der Waals surface area contributed by atoms with Gasteiger partial charge in [-0.25, -0.2) is 13.1 Å². The normalized spacial score (nSPS) is 11.2. The third kappa shape index (κ3) is 5.81. The molecule has 0 atom stereocenters. The minimum absolute atomic E-state index is 0.00839. The van der Waals surface area contributed by atoms with Crippen LogP contribution in [0.4, 0.5) is 0 Å². The number of amides is 1. The first kappa shape index (κ1) is 21.9. The molecule has 0 spiro atoms. The smallest absolute Gasteiger partial charge is 0.253 e. The van der Waals surface area contributed by atoms with Crippen molar-refractivity contribution in [2.24, 2.45) is 0 Å². The van der Waals surface area contributed by atoms with Crippen molar-refractivity contribution in [3.05, 3.63) is 59.7 Å². The third-order valence-electron chi connectivity index (χ3n) is 4.31. The van der Waals surface area contributed by atoms with Crippen LogP contribution in [0.5, 0.6) is 5.75 Å². The monoisotopic (exact) mass is 404 g/mol. The van der Waals surface area contributed by atoms with Crippen LogP contribution in [0.1, 0.15) is 42.6 Å². The van der Waals surface area contributed by atoms with Crippen molar-refractivity contribution in [3.8, 4) is 5.75 Å². The van der Waals surface area contributed by atoms with Gasteiger partial charge in [0.1, 0.15) is 5.75 Å². The molecular weight excluding hydrogens is 376 g/mol. The molecular formula is C21H28N2O4S. The van der Waals surface area contributed by atoms with E-state index in [1.807, 2.05) is 18.7 Å². The van der Waals surface area contributed by atoms with E-state index >= 15 is 0 Å². The number of benzene rings is 2. The number of rotatable bonds is 10. The Morgan fingerprint density at radius 2 is 1.54 bits per heavy atom. The molecule has 152 valence electrons. The number of hydrogen-bond donors (Lipinski definition) is 1. The number of sulfonamides is 1. The van der Waals surface area contributed by atoms with Crippen molar-refractivity contribution in [1.82, 2.24) is 9.62 Å². The number of nitrogens with zero attached hydrogens (tertiary/aromatic N) is 1. The van der Waals surface area contributed by atoms with Gasteiger partial charge in [-0.3, -0.25) is 4.79 Å². The van der Waals surface area contributed by atoms with Gasteiger partial charge in [0.2, 0.25) is 10.0 Å². The lowest BCUT2D eigenvalue weighted by Gasteiger charge is -2.21. The fourth-order valence-corrected chi connectivity index (χ4v) is 3.84. The maximum atomic E-state index is 12.6. The molecule has 0 aliphatic heterocycles. The highest BCUT2D eigenvalue weighted by molar-refractivity contribution is 7.89. The van der Waals surface area contributed by atoms with E-state index in [9.17, 15) is 13.2 Å². The topological polar surface area (TPSA) is 75.7 Å². The van der Waals surface area contributed by atoms with Gasteiger partial charge in [-0.2, -0.15) is 0 Å². The van der Waals surface area contributed by atoms with E-state index in [4.69, 9.17) is 4.74 Å². The van der Waals surface area contributed by atoms with E-state index in [2.05, 4.69) is 4.72 Å². The Balaban J connectivity index is 2.02. The number of ether oxygens (including phenoxy) is 1. The van der Waals surface area contributed by atoms with Gasteiger partial charge in [0.15, 0.2) is 0 Å². The highest BCUT2D eigenvalue weighted by Gasteiger charge is 2.16. The summed E-state index contributed by atoms with van der Waals surface area (Å²) in [4.78, 5) is 14.6. The molecule has 0 radical (unpaired) electrons. The van der Waals surface area contributed by atoms with E-state index < -0.39 is 10.0 Å². The second-order valence-electron chi connectivity index (χ2n) is 6.49. The van der Waals surface area contributed by atoms with Gasteiger partial charge in [0.25, 0.3) is 5.91 Å². The van der Waals surface area contributed by atoms with E-state index in [-0.39, 0.29) is 17.3 Å². The second-order valence-corrected chi connectivity index (χ2v) is 8.26. The van der Waals surface area contributed by atoms with E-state index in [0.29, 0.717) is 11.3 Å². The van der Waals surface area contributed by atoms with Gasteiger partial charge in [0.05, 0.1) is 12.0 Å². The Morgan fingerprint density at radius 3 is 2.04 bits per heavy atom. The SMILES string of the molecule is CCCN(CCC)C(=O)c1ccc(CNS(=O)(=O)c2ccc(OC)cc2)cc1. The molecule has 0 aliphatic rings. The van der Waals surface area contributed by atoms with Gasteiger partial charge < -0.3 is 9.64 Å². The molecule has 0 saturated carbocycles. The molecule has 0 unspecified atom stereocenters. The minimum atomic E-state index is -3.62. The summed E-state index contributed by atoms with van der Waals surface area (Å²) in [6.07, 6.45) is 1.83. The predicted molar refractivity (Wildman–Crippen MR) is 110 cm³/mol. The van der Waals surface area contributed by atoms with Crippen LogP contribution in [-0.4, -0.2) is 39.4 Å². The summed E-state index contributed by atoms with van der Waals surface area (Å²) in [6, 6.07) is 13.3. The van der Waals surface area contributed by atoms with Crippen molar-refractivity contribution in [2.75, 3.05) is 20.2 Å². The van der Waals surface area contributed by atoms with Crippen LogP contribution >= 0.6 is 0 Å². The first-order valence-corrected chi connectivity index (χ1v) is 10.9. The lowest BCUT2D eigenvalue weighted by molar-refractivity contribution is 0.0755. The maximum absolute atomic E-state index is 12.6.